The van der Waals surface area contributed by atoms with Crippen LogP contribution in [0.3, 0.4) is 0 Å². The van der Waals surface area contributed by atoms with Crippen molar-refractivity contribution in [1.29, 1.82) is 5.26 Å². The van der Waals surface area contributed by atoms with E-state index in [4.69, 9.17) is 5.26 Å². The van der Waals surface area contributed by atoms with Crippen molar-refractivity contribution >= 4 is 11.7 Å². The number of amides is 2. The fourth-order valence-corrected chi connectivity index (χ4v) is 1.80. The van der Waals surface area contributed by atoms with Crippen LogP contribution < -0.4 is 16.0 Å². The Bertz CT molecular complexity index is 446. The molecule has 1 aliphatic heterocycles. The number of hydrogen-bond donors (Lipinski definition) is 3. The number of nitrogens with zero attached hydrogens (tertiary/aromatic N) is 1. The Hall–Kier alpha value is -2.06. The molecular weight excluding hydrogens is 216 g/mol. The molecule has 0 aromatic heterocycles. The third-order valence-electron chi connectivity index (χ3n) is 2.65. The number of nitrogens with one attached hydrogen (secondary N) is 3. The quantitative estimate of drug-likeness (QED) is 0.710. The Balaban J connectivity index is 1.91. The molecule has 1 unspecified atom stereocenters. The lowest BCUT2D eigenvalue weighted by Gasteiger charge is -2.12. The van der Waals surface area contributed by atoms with Crippen LogP contribution in [0.25, 0.3) is 0 Å². The van der Waals surface area contributed by atoms with Gasteiger partial charge in [-0.2, -0.15) is 5.26 Å². The summed E-state index contributed by atoms with van der Waals surface area (Å²) in [5.41, 5.74) is 1.16. The first-order chi connectivity index (χ1) is 8.28. The average molecular weight is 230 g/mol. The van der Waals surface area contributed by atoms with E-state index >= 15 is 0 Å². The van der Waals surface area contributed by atoms with Crippen LogP contribution in [0.2, 0.25) is 0 Å². The molecule has 1 heterocycles. The SMILES string of the molecule is N#Cc1cccc(NC(=O)NC2CCNC2)c1. The van der Waals surface area contributed by atoms with E-state index in [-0.39, 0.29) is 12.1 Å². The van der Waals surface area contributed by atoms with Crippen molar-refractivity contribution in [3.63, 3.8) is 0 Å². The van der Waals surface area contributed by atoms with Gasteiger partial charge in [-0.3, -0.25) is 0 Å². The third-order valence-corrected chi connectivity index (χ3v) is 2.65. The summed E-state index contributed by atoms with van der Waals surface area (Å²) in [5.74, 6) is 0. The van der Waals surface area contributed by atoms with Gasteiger partial charge in [0.25, 0.3) is 0 Å². The molecule has 1 saturated heterocycles. The predicted octanol–water partition coefficient (Wildman–Crippen LogP) is 1.04. The highest BCUT2D eigenvalue weighted by molar-refractivity contribution is 5.89. The molecule has 0 saturated carbocycles. The maximum Gasteiger partial charge on any atom is 0.319 e. The number of rotatable bonds is 2. The normalized spacial score (nSPS) is 18.4. The van der Waals surface area contributed by atoms with Crippen LogP contribution in [0.5, 0.6) is 0 Å². The van der Waals surface area contributed by atoms with Crippen LogP contribution in [0.1, 0.15) is 12.0 Å². The molecular formula is C12H14N4O. The molecule has 2 amide bonds. The molecule has 0 bridgehead atoms. The molecule has 5 nitrogen and oxygen atoms in total. The summed E-state index contributed by atoms with van der Waals surface area (Å²) in [4.78, 5) is 11.6. The minimum Gasteiger partial charge on any atom is -0.334 e. The third kappa shape index (κ3) is 3.20. The van der Waals surface area contributed by atoms with Crippen LogP contribution in [-0.2, 0) is 0 Å². The first-order valence-corrected chi connectivity index (χ1v) is 5.56. The highest BCUT2D eigenvalue weighted by Crippen LogP contribution is 2.09. The largest absolute Gasteiger partial charge is 0.334 e. The summed E-state index contributed by atoms with van der Waals surface area (Å²) in [6.07, 6.45) is 0.950. The number of carbonyl (C=O) groups excluding carboxylic acids is 1. The Kier molecular flexibility index (Phi) is 3.58. The highest BCUT2D eigenvalue weighted by atomic mass is 16.2. The van der Waals surface area contributed by atoms with Gasteiger partial charge in [-0.15, -0.1) is 0 Å². The van der Waals surface area contributed by atoms with Gasteiger partial charge in [-0.25, -0.2) is 4.79 Å². The molecule has 3 N–H and O–H groups in total. The molecule has 1 fully saturated rings. The smallest absolute Gasteiger partial charge is 0.319 e. The van der Waals surface area contributed by atoms with Gasteiger partial charge in [0.2, 0.25) is 0 Å². The zero-order chi connectivity index (χ0) is 12.1. The average Bonchev–Trinajstić information content (AvgIpc) is 2.82. The van der Waals surface area contributed by atoms with Crippen LogP contribution >= 0.6 is 0 Å². The van der Waals surface area contributed by atoms with E-state index in [1.54, 1.807) is 24.3 Å². The lowest BCUT2D eigenvalue weighted by Crippen LogP contribution is -2.39. The topological polar surface area (TPSA) is 77.0 Å². The first kappa shape index (κ1) is 11.4. The molecule has 17 heavy (non-hydrogen) atoms. The van der Waals surface area contributed by atoms with Gasteiger partial charge in [-0.1, -0.05) is 6.07 Å². The van der Waals surface area contributed by atoms with Gasteiger partial charge in [0.1, 0.15) is 0 Å². The summed E-state index contributed by atoms with van der Waals surface area (Å²) in [5, 5.41) is 17.5. The van der Waals surface area contributed by atoms with Crippen molar-refractivity contribution in [3.05, 3.63) is 29.8 Å². The number of anilines is 1. The van der Waals surface area contributed by atoms with Crippen molar-refractivity contribution in [2.24, 2.45) is 0 Å². The lowest BCUT2D eigenvalue weighted by atomic mass is 10.2. The van der Waals surface area contributed by atoms with Crippen LogP contribution in [0, 0.1) is 11.3 Å². The van der Waals surface area contributed by atoms with Gasteiger partial charge in [-0.05, 0) is 31.2 Å². The van der Waals surface area contributed by atoms with E-state index < -0.39 is 0 Å². The molecule has 1 atom stereocenters. The second-order valence-corrected chi connectivity index (χ2v) is 3.98. The van der Waals surface area contributed by atoms with Crippen LogP contribution in [0.4, 0.5) is 10.5 Å². The maximum absolute atomic E-state index is 11.6. The fraction of sp³-hybridized carbons (Fsp3) is 0.333. The van der Waals surface area contributed by atoms with Crippen molar-refractivity contribution in [2.45, 2.75) is 12.5 Å². The van der Waals surface area contributed by atoms with Crippen molar-refractivity contribution in [2.75, 3.05) is 18.4 Å². The molecule has 2 rings (SSSR count). The standard InChI is InChI=1S/C12H14N4O/c13-7-9-2-1-3-10(6-9)15-12(17)16-11-4-5-14-8-11/h1-3,6,11,14H,4-5,8H2,(H2,15,16,17). The van der Waals surface area contributed by atoms with Crippen molar-refractivity contribution in [3.8, 4) is 6.07 Å². The van der Waals surface area contributed by atoms with E-state index in [0.717, 1.165) is 19.5 Å². The van der Waals surface area contributed by atoms with Gasteiger partial charge in [0.05, 0.1) is 11.6 Å². The van der Waals surface area contributed by atoms with E-state index in [1.807, 2.05) is 6.07 Å². The summed E-state index contributed by atoms with van der Waals surface area (Å²) >= 11 is 0. The van der Waals surface area contributed by atoms with Crippen LogP contribution in [-0.4, -0.2) is 25.2 Å². The number of benzene rings is 1. The van der Waals surface area contributed by atoms with E-state index in [1.165, 1.54) is 0 Å². The highest BCUT2D eigenvalue weighted by Gasteiger charge is 2.16. The van der Waals surface area contributed by atoms with Crippen molar-refractivity contribution in [1.82, 2.24) is 10.6 Å². The molecule has 1 aromatic rings. The van der Waals surface area contributed by atoms with Crippen molar-refractivity contribution < 1.29 is 4.79 Å². The second kappa shape index (κ2) is 5.32. The molecule has 0 radical (unpaired) electrons. The second-order valence-electron chi connectivity index (χ2n) is 3.98. The predicted molar refractivity (Wildman–Crippen MR) is 64.6 cm³/mol. The summed E-state index contributed by atoms with van der Waals surface area (Å²) in [7, 11) is 0. The summed E-state index contributed by atoms with van der Waals surface area (Å²) in [6.45, 7) is 1.75. The van der Waals surface area contributed by atoms with E-state index in [9.17, 15) is 4.79 Å². The van der Waals surface area contributed by atoms with Gasteiger partial charge in [0, 0.05) is 18.3 Å². The summed E-state index contributed by atoms with van der Waals surface area (Å²) in [6, 6.07) is 8.84. The Labute approximate surface area is 99.8 Å². The van der Waals surface area contributed by atoms with Gasteiger partial charge in [0.15, 0.2) is 0 Å². The van der Waals surface area contributed by atoms with Gasteiger partial charge >= 0.3 is 6.03 Å². The molecule has 5 heteroatoms. The number of urea groups is 1. The zero-order valence-corrected chi connectivity index (χ0v) is 9.36. The molecule has 1 aromatic carbocycles. The first-order valence-electron chi connectivity index (χ1n) is 5.56. The minimum atomic E-state index is -0.228. The van der Waals surface area contributed by atoms with E-state index in [2.05, 4.69) is 16.0 Å². The molecule has 0 spiro atoms. The minimum absolute atomic E-state index is 0.189. The summed E-state index contributed by atoms with van der Waals surface area (Å²) < 4.78 is 0. The van der Waals surface area contributed by atoms with Crippen LogP contribution in [0.15, 0.2) is 24.3 Å². The molecule has 0 aliphatic carbocycles. The lowest BCUT2D eigenvalue weighted by molar-refractivity contribution is 0.249. The fourth-order valence-electron chi connectivity index (χ4n) is 1.80. The van der Waals surface area contributed by atoms with E-state index in [0.29, 0.717) is 11.3 Å². The maximum atomic E-state index is 11.6. The Morgan fingerprint density at radius 1 is 1.53 bits per heavy atom. The molecule has 1 aliphatic rings. The number of carbonyl (C=O) groups is 1. The number of nitriles is 1. The molecule has 88 valence electrons. The van der Waals surface area contributed by atoms with Gasteiger partial charge < -0.3 is 16.0 Å². The zero-order valence-electron chi connectivity index (χ0n) is 9.36. The Morgan fingerprint density at radius 2 is 2.41 bits per heavy atom. The Morgan fingerprint density at radius 3 is 3.12 bits per heavy atom. The monoisotopic (exact) mass is 230 g/mol. The number of hydrogen-bond acceptors (Lipinski definition) is 3.